The highest BCUT2D eigenvalue weighted by Gasteiger charge is 2.35. The lowest BCUT2D eigenvalue weighted by molar-refractivity contribution is -0.386. The lowest BCUT2D eigenvalue weighted by atomic mass is 10.1. The molecule has 0 unspecified atom stereocenters. The Kier molecular flexibility index (Phi) is 8.37. The van der Waals surface area contributed by atoms with E-state index in [2.05, 4.69) is 10.3 Å². The predicted molar refractivity (Wildman–Crippen MR) is 108 cm³/mol. The molecular formula is C16H22Cl2N4O4S. The first kappa shape index (κ1) is 23.5. The van der Waals surface area contributed by atoms with E-state index in [1.807, 2.05) is 6.92 Å². The number of hydrogen-bond donors (Lipinski definition) is 1. The van der Waals surface area contributed by atoms with Crippen molar-refractivity contribution < 1.29 is 13.3 Å². The van der Waals surface area contributed by atoms with Crippen molar-refractivity contribution in [3.05, 3.63) is 40.7 Å². The van der Waals surface area contributed by atoms with Crippen LogP contribution in [0, 0.1) is 10.1 Å². The highest BCUT2D eigenvalue weighted by molar-refractivity contribution is 7.89. The predicted octanol–water partition coefficient (Wildman–Crippen LogP) is 2.75. The molecule has 1 atom stereocenters. The molecule has 11 heteroatoms. The first-order valence-corrected chi connectivity index (χ1v) is 9.60. The Balaban J connectivity index is 0.00000182. The molecule has 2 aromatic rings. The van der Waals surface area contributed by atoms with E-state index in [4.69, 9.17) is 0 Å². The van der Waals surface area contributed by atoms with Gasteiger partial charge in [-0.2, -0.15) is 4.31 Å². The van der Waals surface area contributed by atoms with Crippen LogP contribution in [0.1, 0.15) is 19.8 Å². The van der Waals surface area contributed by atoms with E-state index < -0.39 is 14.9 Å². The molecule has 0 spiro atoms. The SMILES string of the molecule is C[C@@H]1CNCCCCN1S(=O)(=O)c1ccc2cnccc2c1[N+](=O)[O-].Cl.Cl. The van der Waals surface area contributed by atoms with Crippen molar-refractivity contribution in [2.45, 2.75) is 30.7 Å². The first-order valence-electron chi connectivity index (χ1n) is 8.16. The maximum atomic E-state index is 13.2. The second-order valence-electron chi connectivity index (χ2n) is 6.14. The third kappa shape index (κ3) is 4.67. The van der Waals surface area contributed by atoms with Crippen LogP contribution >= 0.6 is 24.8 Å². The highest BCUT2D eigenvalue weighted by atomic mass is 35.5. The van der Waals surface area contributed by atoms with Crippen LogP contribution in [-0.4, -0.2) is 48.3 Å². The summed E-state index contributed by atoms with van der Waals surface area (Å²) in [5, 5.41) is 15.7. The van der Waals surface area contributed by atoms with Gasteiger partial charge in [0.1, 0.15) is 0 Å². The Morgan fingerprint density at radius 2 is 2.00 bits per heavy atom. The summed E-state index contributed by atoms with van der Waals surface area (Å²) >= 11 is 0. The van der Waals surface area contributed by atoms with Crippen molar-refractivity contribution in [1.29, 1.82) is 0 Å². The monoisotopic (exact) mass is 436 g/mol. The summed E-state index contributed by atoms with van der Waals surface area (Å²) in [5.74, 6) is 0. The van der Waals surface area contributed by atoms with Crippen LogP contribution in [0.4, 0.5) is 5.69 Å². The van der Waals surface area contributed by atoms with Crippen LogP contribution in [0.3, 0.4) is 0 Å². The van der Waals surface area contributed by atoms with Gasteiger partial charge in [0.15, 0.2) is 4.90 Å². The maximum absolute atomic E-state index is 13.2. The largest absolute Gasteiger partial charge is 0.315 e. The molecule has 0 radical (unpaired) electrons. The molecule has 150 valence electrons. The van der Waals surface area contributed by atoms with Gasteiger partial charge in [-0.1, -0.05) is 6.07 Å². The Labute approximate surface area is 170 Å². The average molecular weight is 437 g/mol. The van der Waals surface area contributed by atoms with Crippen molar-refractivity contribution >= 4 is 51.3 Å². The molecule has 8 nitrogen and oxygen atoms in total. The molecule has 0 saturated carbocycles. The number of pyridine rings is 1. The molecular weight excluding hydrogens is 415 g/mol. The molecule has 2 heterocycles. The molecule has 1 aliphatic heterocycles. The second-order valence-corrected chi connectivity index (χ2v) is 8.00. The summed E-state index contributed by atoms with van der Waals surface area (Å²) in [4.78, 5) is 14.7. The van der Waals surface area contributed by atoms with Crippen molar-refractivity contribution in [3.8, 4) is 0 Å². The minimum Gasteiger partial charge on any atom is -0.315 e. The van der Waals surface area contributed by atoms with Gasteiger partial charge < -0.3 is 5.32 Å². The van der Waals surface area contributed by atoms with E-state index in [0.29, 0.717) is 24.9 Å². The molecule has 1 aromatic carbocycles. The molecule has 1 aliphatic rings. The summed E-state index contributed by atoms with van der Waals surface area (Å²) in [5.41, 5.74) is -0.387. The molecule has 27 heavy (non-hydrogen) atoms. The first-order chi connectivity index (χ1) is 11.9. The number of nitrogens with one attached hydrogen (secondary N) is 1. The number of nitrogens with zero attached hydrogens (tertiary/aromatic N) is 3. The van der Waals surface area contributed by atoms with Gasteiger partial charge >= 0.3 is 0 Å². The topological polar surface area (TPSA) is 105 Å². The molecule has 1 aromatic heterocycles. The number of sulfonamides is 1. The molecule has 1 saturated heterocycles. The normalized spacial score (nSPS) is 18.6. The van der Waals surface area contributed by atoms with Gasteiger partial charge in [-0.25, -0.2) is 8.42 Å². The fraction of sp³-hybridized carbons (Fsp3) is 0.438. The van der Waals surface area contributed by atoms with Crippen LogP contribution in [0.5, 0.6) is 0 Å². The number of fused-ring (bicyclic) bond motifs is 1. The minimum atomic E-state index is -3.99. The highest BCUT2D eigenvalue weighted by Crippen LogP contribution is 2.34. The fourth-order valence-corrected chi connectivity index (χ4v) is 5.00. The molecule has 1 fully saturated rings. The third-order valence-electron chi connectivity index (χ3n) is 4.44. The van der Waals surface area contributed by atoms with Crippen LogP contribution < -0.4 is 5.32 Å². The lowest BCUT2D eigenvalue weighted by Crippen LogP contribution is -2.46. The van der Waals surface area contributed by atoms with Crippen LogP contribution in [-0.2, 0) is 10.0 Å². The molecule has 0 bridgehead atoms. The number of nitro benzene ring substituents is 1. The third-order valence-corrected chi connectivity index (χ3v) is 6.48. The van der Waals surface area contributed by atoms with Crippen LogP contribution in [0.25, 0.3) is 10.8 Å². The molecule has 0 aliphatic carbocycles. The number of nitro groups is 1. The van der Waals surface area contributed by atoms with E-state index in [1.54, 1.807) is 6.07 Å². The number of rotatable bonds is 3. The summed E-state index contributed by atoms with van der Waals surface area (Å²) in [6.07, 6.45) is 4.49. The van der Waals surface area contributed by atoms with Gasteiger partial charge in [-0.15, -0.1) is 24.8 Å². The summed E-state index contributed by atoms with van der Waals surface area (Å²) in [7, 11) is -3.99. The van der Waals surface area contributed by atoms with Gasteiger partial charge in [0.2, 0.25) is 10.0 Å². The van der Waals surface area contributed by atoms with Gasteiger partial charge in [0.25, 0.3) is 5.69 Å². The number of hydrogen-bond acceptors (Lipinski definition) is 6. The summed E-state index contributed by atoms with van der Waals surface area (Å²) < 4.78 is 27.8. The zero-order chi connectivity index (χ0) is 18.0. The van der Waals surface area contributed by atoms with Gasteiger partial charge in [-0.05, 0) is 38.4 Å². The Bertz CT molecular complexity index is 910. The van der Waals surface area contributed by atoms with Crippen molar-refractivity contribution in [3.63, 3.8) is 0 Å². The number of aromatic nitrogens is 1. The Morgan fingerprint density at radius 1 is 1.26 bits per heavy atom. The Hall–Kier alpha value is -1.52. The number of benzene rings is 1. The quantitative estimate of drug-likeness (QED) is 0.585. The number of halogens is 2. The molecule has 3 rings (SSSR count). The van der Waals surface area contributed by atoms with Crippen LogP contribution in [0.15, 0.2) is 35.5 Å². The fourth-order valence-electron chi connectivity index (χ4n) is 3.16. The summed E-state index contributed by atoms with van der Waals surface area (Å²) in [6.45, 7) is 3.54. The van der Waals surface area contributed by atoms with E-state index in [0.717, 1.165) is 13.0 Å². The van der Waals surface area contributed by atoms with Crippen molar-refractivity contribution in [2.75, 3.05) is 19.6 Å². The van der Waals surface area contributed by atoms with Crippen molar-refractivity contribution in [1.82, 2.24) is 14.6 Å². The minimum absolute atomic E-state index is 0. The van der Waals surface area contributed by atoms with E-state index in [-0.39, 0.29) is 46.8 Å². The van der Waals surface area contributed by atoms with E-state index >= 15 is 0 Å². The molecule has 1 N–H and O–H groups in total. The molecule has 0 amide bonds. The van der Waals surface area contributed by atoms with Crippen molar-refractivity contribution in [2.24, 2.45) is 0 Å². The maximum Gasteiger partial charge on any atom is 0.297 e. The van der Waals surface area contributed by atoms with Crippen LogP contribution in [0.2, 0.25) is 0 Å². The summed E-state index contributed by atoms with van der Waals surface area (Å²) in [6, 6.07) is 4.08. The zero-order valence-electron chi connectivity index (χ0n) is 14.7. The van der Waals surface area contributed by atoms with Gasteiger partial charge in [-0.3, -0.25) is 15.1 Å². The van der Waals surface area contributed by atoms with E-state index in [9.17, 15) is 18.5 Å². The Morgan fingerprint density at radius 3 is 2.70 bits per heavy atom. The van der Waals surface area contributed by atoms with Gasteiger partial charge in [0.05, 0.1) is 10.3 Å². The standard InChI is InChI=1S/C16H20N4O4S.2ClH/c1-12-10-17-7-2-3-9-19(12)25(23,24)15-5-4-13-11-18-8-6-14(13)16(15)20(21)22;;/h4-6,8,11-12,17H,2-3,7,9-10H2,1H3;2*1H/t12-;;/m1../s1. The smallest absolute Gasteiger partial charge is 0.297 e. The van der Waals surface area contributed by atoms with E-state index in [1.165, 1.54) is 28.8 Å². The zero-order valence-corrected chi connectivity index (χ0v) is 17.1. The second kappa shape index (κ2) is 9.61. The lowest BCUT2D eigenvalue weighted by Gasteiger charge is -2.30. The van der Waals surface area contributed by atoms with Gasteiger partial charge in [0, 0.05) is 36.9 Å². The average Bonchev–Trinajstić information content (AvgIpc) is 2.56.